The summed E-state index contributed by atoms with van der Waals surface area (Å²) < 4.78 is 0. The third-order valence-electron chi connectivity index (χ3n) is 4.16. The van der Waals surface area contributed by atoms with Gasteiger partial charge in [0.1, 0.15) is 0 Å². The molecule has 0 saturated carbocycles. The lowest BCUT2D eigenvalue weighted by molar-refractivity contribution is 0.0697. The number of carbonyl (C=O) groups is 1. The molecule has 20 heavy (non-hydrogen) atoms. The molecule has 0 aromatic heterocycles. The van der Waals surface area contributed by atoms with Crippen molar-refractivity contribution in [3.8, 4) is 0 Å². The van der Waals surface area contributed by atoms with Gasteiger partial charge in [0.2, 0.25) is 0 Å². The Labute approximate surface area is 127 Å². The summed E-state index contributed by atoms with van der Waals surface area (Å²) in [4.78, 5) is 13.4. The zero-order valence-electron chi connectivity index (χ0n) is 12.6. The first kappa shape index (κ1) is 16.8. The van der Waals surface area contributed by atoms with Crippen LogP contribution in [0.1, 0.15) is 57.3 Å². The standard InChI is InChI=1S/C16H23NO2.ClH/c1-15(2)10-5-11-16(3,4)17(15)13-8-6-12(7-9-13)14(18)19;/h6-9H,5,10-11H2,1-4H3,(H,18,19);1H. The maximum atomic E-state index is 10.9. The summed E-state index contributed by atoms with van der Waals surface area (Å²) in [6, 6.07) is 7.24. The summed E-state index contributed by atoms with van der Waals surface area (Å²) in [6.07, 6.45) is 3.57. The van der Waals surface area contributed by atoms with Crippen LogP contribution >= 0.6 is 12.4 Å². The van der Waals surface area contributed by atoms with Crippen molar-refractivity contribution in [1.29, 1.82) is 0 Å². The second-order valence-electron chi connectivity index (χ2n) is 6.67. The fraction of sp³-hybridized carbons (Fsp3) is 0.562. The second-order valence-corrected chi connectivity index (χ2v) is 6.67. The number of hydrogen-bond donors (Lipinski definition) is 1. The van der Waals surface area contributed by atoms with Crippen LogP contribution in [0.4, 0.5) is 5.69 Å². The molecule has 1 heterocycles. The van der Waals surface area contributed by atoms with Crippen LogP contribution in [0.5, 0.6) is 0 Å². The number of hydrogen-bond acceptors (Lipinski definition) is 2. The van der Waals surface area contributed by atoms with Gasteiger partial charge in [0.25, 0.3) is 0 Å². The number of carboxylic acid groups (broad SMARTS) is 1. The van der Waals surface area contributed by atoms with E-state index in [0.717, 1.165) is 18.5 Å². The van der Waals surface area contributed by atoms with Crippen molar-refractivity contribution in [1.82, 2.24) is 0 Å². The Morgan fingerprint density at radius 3 is 1.90 bits per heavy atom. The molecule has 4 heteroatoms. The van der Waals surface area contributed by atoms with Crippen molar-refractivity contribution in [3.63, 3.8) is 0 Å². The minimum Gasteiger partial charge on any atom is -0.478 e. The first-order valence-corrected chi connectivity index (χ1v) is 6.88. The van der Waals surface area contributed by atoms with Gasteiger partial charge in [-0.05, 0) is 71.2 Å². The van der Waals surface area contributed by atoms with E-state index in [-0.39, 0.29) is 23.5 Å². The fourth-order valence-electron chi connectivity index (χ4n) is 3.45. The summed E-state index contributed by atoms with van der Waals surface area (Å²) in [5.41, 5.74) is 1.66. The lowest BCUT2D eigenvalue weighted by Gasteiger charge is -2.54. The van der Waals surface area contributed by atoms with Gasteiger partial charge < -0.3 is 10.0 Å². The SMILES string of the molecule is CC1(C)CCCC(C)(C)N1c1ccc(C(=O)O)cc1.Cl. The first-order chi connectivity index (χ1) is 8.74. The molecule has 0 aliphatic carbocycles. The summed E-state index contributed by atoms with van der Waals surface area (Å²) in [5, 5.41) is 8.98. The molecule has 1 saturated heterocycles. The van der Waals surface area contributed by atoms with Gasteiger partial charge in [0.15, 0.2) is 0 Å². The number of rotatable bonds is 2. The number of benzene rings is 1. The van der Waals surface area contributed by atoms with E-state index in [1.54, 1.807) is 12.1 Å². The molecular formula is C16H24ClNO2. The number of carboxylic acids is 1. The molecular weight excluding hydrogens is 274 g/mol. The van der Waals surface area contributed by atoms with E-state index in [4.69, 9.17) is 5.11 Å². The van der Waals surface area contributed by atoms with Crippen molar-refractivity contribution < 1.29 is 9.90 Å². The molecule has 0 amide bonds. The molecule has 0 atom stereocenters. The number of nitrogens with zero attached hydrogens (tertiary/aromatic N) is 1. The lowest BCUT2D eigenvalue weighted by atomic mass is 9.79. The maximum absolute atomic E-state index is 10.9. The van der Waals surface area contributed by atoms with E-state index in [2.05, 4.69) is 32.6 Å². The Balaban J connectivity index is 0.00000200. The van der Waals surface area contributed by atoms with E-state index in [0.29, 0.717) is 5.56 Å². The van der Waals surface area contributed by atoms with Gasteiger partial charge >= 0.3 is 5.97 Å². The van der Waals surface area contributed by atoms with E-state index < -0.39 is 5.97 Å². The Bertz CT molecular complexity index is 464. The highest BCUT2D eigenvalue weighted by molar-refractivity contribution is 5.88. The second kappa shape index (κ2) is 5.65. The molecule has 0 unspecified atom stereocenters. The van der Waals surface area contributed by atoms with Crippen LogP contribution in [-0.4, -0.2) is 22.2 Å². The topological polar surface area (TPSA) is 40.5 Å². The highest BCUT2D eigenvalue weighted by Gasteiger charge is 2.41. The average molecular weight is 298 g/mol. The van der Waals surface area contributed by atoms with Gasteiger partial charge in [0.05, 0.1) is 5.56 Å². The summed E-state index contributed by atoms with van der Waals surface area (Å²) >= 11 is 0. The molecule has 0 spiro atoms. The van der Waals surface area contributed by atoms with Crippen LogP contribution in [0.3, 0.4) is 0 Å². The van der Waals surface area contributed by atoms with E-state index in [1.165, 1.54) is 6.42 Å². The normalized spacial score (nSPS) is 20.1. The average Bonchev–Trinajstić information content (AvgIpc) is 2.27. The molecule has 0 radical (unpaired) electrons. The van der Waals surface area contributed by atoms with Crippen molar-refractivity contribution in [2.75, 3.05) is 4.90 Å². The lowest BCUT2D eigenvalue weighted by Crippen LogP contribution is -2.59. The molecule has 0 bridgehead atoms. The number of anilines is 1. The smallest absolute Gasteiger partial charge is 0.335 e. The van der Waals surface area contributed by atoms with E-state index in [9.17, 15) is 4.79 Å². The number of piperidine rings is 1. The van der Waals surface area contributed by atoms with Gasteiger partial charge in [0, 0.05) is 16.8 Å². The van der Waals surface area contributed by atoms with Crippen molar-refractivity contribution in [2.24, 2.45) is 0 Å². The van der Waals surface area contributed by atoms with Crippen LogP contribution in [0.15, 0.2) is 24.3 Å². The van der Waals surface area contributed by atoms with Crippen molar-refractivity contribution >= 4 is 24.1 Å². The highest BCUT2D eigenvalue weighted by atomic mass is 35.5. The monoisotopic (exact) mass is 297 g/mol. The molecule has 1 aromatic carbocycles. The molecule has 3 nitrogen and oxygen atoms in total. The van der Waals surface area contributed by atoms with E-state index >= 15 is 0 Å². The summed E-state index contributed by atoms with van der Waals surface area (Å²) in [7, 11) is 0. The van der Waals surface area contributed by atoms with E-state index in [1.807, 2.05) is 12.1 Å². The van der Waals surface area contributed by atoms with Gasteiger partial charge in [-0.3, -0.25) is 0 Å². The Morgan fingerprint density at radius 1 is 1.05 bits per heavy atom. The zero-order valence-corrected chi connectivity index (χ0v) is 13.5. The minimum atomic E-state index is -0.872. The fourth-order valence-corrected chi connectivity index (χ4v) is 3.45. The predicted octanol–water partition coefficient (Wildman–Crippen LogP) is 4.35. The van der Waals surface area contributed by atoms with Gasteiger partial charge in [-0.15, -0.1) is 12.4 Å². The summed E-state index contributed by atoms with van der Waals surface area (Å²) in [5.74, 6) is -0.872. The summed E-state index contributed by atoms with van der Waals surface area (Å²) in [6.45, 7) is 9.05. The van der Waals surface area contributed by atoms with Crippen LogP contribution in [0.2, 0.25) is 0 Å². The molecule has 1 fully saturated rings. The third kappa shape index (κ3) is 3.09. The first-order valence-electron chi connectivity index (χ1n) is 6.88. The maximum Gasteiger partial charge on any atom is 0.335 e. The third-order valence-corrected chi connectivity index (χ3v) is 4.16. The number of halogens is 1. The predicted molar refractivity (Wildman–Crippen MR) is 85.1 cm³/mol. The molecule has 2 rings (SSSR count). The number of aromatic carboxylic acids is 1. The molecule has 112 valence electrons. The minimum absolute atomic E-state index is 0. The van der Waals surface area contributed by atoms with Crippen molar-refractivity contribution in [3.05, 3.63) is 29.8 Å². The largest absolute Gasteiger partial charge is 0.478 e. The van der Waals surface area contributed by atoms with Gasteiger partial charge in [-0.2, -0.15) is 0 Å². The highest BCUT2D eigenvalue weighted by Crippen LogP contribution is 2.41. The van der Waals surface area contributed by atoms with Gasteiger partial charge in [-0.25, -0.2) is 4.79 Å². The van der Waals surface area contributed by atoms with Crippen LogP contribution < -0.4 is 4.90 Å². The van der Waals surface area contributed by atoms with Crippen LogP contribution in [-0.2, 0) is 0 Å². The van der Waals surface area contributed by atoms with Crippen LogP contribution in [0.25, 0.3) is 0 Å². The quantitative estimate of drug-likeness (QED) is 0.882. The molecule has 1 aliphatic heterocycles. The zero-order chi connectivity index (χ0) is 14.3. The van der Waals surface area contributed by atoms with Crippen molar-refractivity contribution in [2.45, 2.75) is 58.0 Å². The Morgan fingerprint density at radius 2 is 1.50 bits per heavy atom. The Kier molecular flexibility index (Phi) is 4.75. The Hall–Kier alpha value is -1.22. The molecule has 1 N–H and O–H groups in total. The molecule has 1 aliphatic rings. The van der Waals surface area contributed by atoms with Gasteiger partial charge in [-0.1, -0.05) is 0 Å². The molecule has 1 aromatic rings. The van der Waals surface area contributed by atoms with Crippen LogP contribution in [0, 0.1) is 0 Å².